The van der Waals surface area contributed by atoms with Crippen LogP contribution in [0.25, 0.3) is 0 Å². The molecular weight excluding hydrogens is 404 g/mol. The van der Waals surface area contributed by atoms with E-state index in [1.165, 1.54) is 18.2 Å². The fraction of sp³-hybridized carbons (Fsp3) is 0.565. The molecule has 2 aromatic rings. The Balaban J connectivity index is 2.01. The number of alkyl carbamates (subject to hydrolysis) is 1. The van der Waals surface area contributed by atoms with Crippen molar-refractivity contribution in [3.05, 3.63) is 53.1 Å². The summed E-state index contributed by atoms with van der Waals surface area (Å²) < 4.78 is 42.1. The number of hydrogen-bond acceptors (Lipinski definition) is 4. The number of nitrogens with one attached hydrogen (secondary N) is 1. The van der Waals surface area contributed by atoms with E-state index in [9.17, 15) is 13.6 Å². The molecule has 8 heteroatoms. The number of amides is 1. The summed E-state index contributed by atoms with van der Waals surface area (Å²) in [6.07, 6.45) is 2.06. The maximum absolute atomic E-state index is 14.6. The zero-order valence-electron chi connectivity index (χ0n) is 19.0. The standard InChI is InChI=1S/C23H31F2N3O3/c1-22(2,3)31-21(29)27-17-11-10-14(19-15(24)8-7-9-16(19)25)13-28-18(12-26-20(17)28)23(4,5)30-6/h7-9,12,14,17H,10-11,13H2,1-6H3,(H,27,29)/t14-,17-/m1/s1. The largest absolute Gasteiger partial charge is 0.444 e. The van der Waals surface area contributed by atoms with E-state index >= 15 is 0 Å². The molecular formula is C23H31F2N3O3. The van der Waals surface area contributed by atoms with Crippen LogP contribution in [0.1, 0.15) is 76.5 Å². The summed E-state index contributed by atoms with van der Waals surface area (Å²) in [4.78, 5) is 17.0. The summed E-state index contributed by atoms with van der Waals surface area (Å²) in [6.45, 7) is 9.49. The molecule has 2 heterocycles. The lowest BCUT2D eigenvalue weighted by Gasteiger charge is -2.27. The molecule has 1 N–H and O–H groups in total. The Morgan fingerprint density at radius 3 is 2.39 bits per heavy atom. The third-order valence-electron chi connectivity index (χ3n) is 5.63. The molecule has 170 valence electrons. The van der Waals surface area contributed by atoms with Gasteiger partial charge in [-0.15, -0.1) is 0 Å². The van der Waals surface area contributed by atoms with Gasteiger partial charge in [0.25, 0.3) is 0 Å². The van der Waals surface area contributed by atoms with Crippen molar-refractivity contribution in [3.63, 3.8) is 0 Å². The molecule has 0 saturated heterocycles. The second-order valence-electron chi connectivity index (χ2n) is 9.44. The number of nitrogens with zero attached hydrogens (tertiary/aromatic N) is 2. The van der Waals surface area contributed by atoms with Crippen LogP contribution >= 0.6 is 0 Å². The SMILES string of the molecule is COC(C)(C)c1cnc2n1C[C@H](c1c(F)cccc1F)CC[C@H]2NC(=O)OC(C)(C)C. The van der Waals surface area contributed by atoms with E-state index in [4.69, 9.17) is 9.47 Å². The number of ether oxygens (including phenoxy) is 2. The maximum atomic E-state index is 14.6. The lowest BCUT2D eigenvalue weighted by Crippen LogP contribution is -2.36. The molecule has 1 aromatic carbocycles. The van der Waals surface area contributed by atoms with Crippen molar-refractivity contribution in [2.45, 2.75) is 77.2 Å². The lowest BCUT2D eigenvalue weighted by atomic mass is 9.92. The first kappa shape index (κ1) is 23.2. The predicted octanol–water partition coefficient (Wildman–Crippen LogP) is 5.19. The third-order valence-corrected chi connectivity index (χ3v) is 5.63. The number of halogens is 2. The summed E-state index contributed by atoms with van der Waals surface area (Å²) in [5, 5.41) is 2.88. The lowest BCUT2D eigenvalue weighted by molar-refractivity contribution is 0.0120. The Bertz CT molecular complexity index is 930. The average Bonchev–Trinajstić information content (AvgIpc) is 3.00. The molecule has 0 unspecified atom stereocenters. The van der Waals surface area contributed by atoms with Crippen molar-refractivity contribution in [3.8, 4) is 0 Å². The fourth-order valence-electron chi connectivity index (χ4n) is 3.98. The minimum Gasteiger partial charge on any atom is -0.444 e. The monoisotopic (exact) mass is 435 g/mol. The minimum atomic E-state index is -0.676. The highest BCUT2D eigenvalue weighted by Gasteiger charge is 2.35. The average molecular weight is 436 g/mol. The first-order valence-electron chi connectivity index (χ1n) is 10.5. The van der Waals surface area contributed by atoms with Crippen molar-refractivity contribution in [1.82, 2.24) is 14.9 Å². The topological polar surface area (TPSA) is 65.4 Å². The molecule has 0 fully saturated rings. The molecule has 6 nitrogen and oxygen atoms in total. The molecule has 0 bridgehead atoms. The van der Waals surface area contributed by atoms with Gasteiger partial charge in [0.1, 0.15) is 28.7 Å². The molecule has 1 amide bonds. The molecule has 1 aromatic heterocycles. The van der Waals surface area contributed by atoms with Crippen molar-refractivity contribution in [1.29, 1.82) is 0 Å². The Labute approximate surface area is 182 Å². The molecule has 0 aliphatic carbocycles. The van der Waals surface area contributed by atoms with E-state index in [2.05, 4.69) is 10.3 Å². The summed E-state index contributed by atoms with van der Waals surface area (Å²) in [5.41, 5.74) is -0.498. The van der Waals surface area contributed by atoms with Crippen molar-refractivity contribution in [2.24, 2.45) is 0 Å². The van der Waals surface area contributed by atoms with Crippen molar-refractivity contribution < 1.29 is 23.0 Å². The Morgan fingerprint density at radius 1 is 1.16 bits per heavy atom. The highest BCUT2D eigenvalue weighted by atomic mass is 19.1. The van der Waals surface area contributed by atoms with Crippen LogP contribution in [0.3, 0.4) is 0 Å². The number of rotatable bonds is 4. The van der Waals surface area contributed by atoms with Gasteiger partial charge in [0.2, 0.25) is 0 Å². The molecule has 31 heavy (non-hydrogen) atoms. The van der Waals surface area contributed by atoms with E-state index in [1.807, 2.05) is 18.4 Å². The summed E-state index contributed by atoms with van der Waals surface area (Å²) in [7, 11) is 1.60. The van der Waals surface area contributed by atoms with E-state index in [0.717, 1.165) is 5.69 Å². The Morgan fingerprint density at radius 2 is 1.81 bits per heavy atom. The second-order valence-corrected chi connectivity index (χ2v) is 9.44. The summed E-state index contributed by atoms with van der Waals surface area (Å²) >= 11 is 0. The molecule has 1 aliphatic heterocycles. The van der Waals surface area contributed by atoms with Crippen LogP contribution in [-0.2, 0) is 21.6 Å². The summed E-state index contributed by atoms with van der Waals surface area (Å²) in [6, 6.07) is 3.44. The van der Waals surface area contributed by atoms with Crippen LogP contribution in [0.2, 0.25) is 0 Å². The van der Waals surface area contributed by atoms with Gasteiger partial charge >= 0.3 is 6.09 Å². The highest BCUT2D eigenvalue weighted by molar-refractivity contribution is 5.68. The zero-order chi connectivity index (χ0) is 23.0. The van der Waals surface area contributed by atoms with E-state index in [0.29, 0.717) is 25.2 Å². The minimum absolute atomic E-state index is 0.0567. The number of fused-ring (bicyclic) bond motifs is 1. The van der Waals surface area contributed by atoms with Crippen molar-refractivity contribution >= 4 is 6.09 Å². The quantitative estimate of drug-likeness (QED) is 0.718. The number of carbonyl (C=O) groups excluding carboxylic acids is 1. The van der Waals surface area contributed by atoms with Gasteiger partial charge in [-0.1, -0.05) is 6.07 Å². The molecule has 0 spiro atoms. The first-order valence-corrected chi connectivity index (χ1v) is 10.5. The van der Waals surface area contributed by atoms with Gasteiger partial charge in [0, 0.05) is 25.1 Å². The highest BCUT2D eigenvalue weighted by Crippen LogP contribution is 2.38. The Kier molecular flexibility index (Phi) is 6.41. The molecule has 0 radical (unpaired) electrons. The van der Waals surface area contributed by atoms with E-state index in [-0.39, 0.29) is 5.56 Å². The van der Waals surface area contributed by atoms with E-state index in [1.54, 1.807) is 34.1 Å². The van der Waals surface area contributed by atoms with Crippen molar-refractivity contribution in [2.75, 3.05) is 7.11 Å². The number of methoxy groups -OCH3 is 1. The maximum Gasteiger partial charge on any atom is 0.408 e. The number of hydrogen-bond donors (Lipinski definition) is 1. The van der Waals surface area contributed by atoms with Crippen LogP contribution in [0.4, 0.5) is 13.6 Å². The number of imidazole rings is 1. The molecule has 3 rings (SSSR count). The molecule has 2 atom stereocenters. The van der Waals surface area contributed by atoms with E-state index < -0.39 is 40.9 Å². The van der Waals surface area contributed by atoms with Gasteiger partial charge in [-0.05, 0) is 59.6 Å². The van der Waals surface area contributed by atoms with Crippen LogP contribution in [0.15, 0.2) is 24.4 Å². The number of aromatic nitrogens is 2. The normalized spacial score (nSPS) is 19.5. The van der Waals surface area contributed by atoms with Gasteiger partial charge in [0.05, 0.1) is 17.9 Å². The van der Waals surface area contributed by atoms with Gasteiger partial charge in [-0.3, -0.25) is 0 Å². The third kappa shape index (κ3) is 5.06. The summed E-state index contributed by atoms with van der Waals surface area (Å²) in [5.74, 6) is -0.952. The van der Waals surface area contributed by atoms with Gasteiger partial charge in [0.15, 0.2) is 0 Å². The van der Waals surface area contributed by atoms with Crippen LogP contribution in [0.5, 0.6) is 0 Å². The number of carbonyl (C=O) groups is 1. The van der Waals surface area contributed by atoms with Gasteiger partial charge < -0.3 is 19.4 Å². The Hall–Kier alpha value is -2.48. The van der Waals surface area contributed by atoms with Crippen LogP contribution in [-0.4, -0.2) is 28.4 Å². The molecule has 0 saturated carbocycles. The molecule has 1 aliphatic rings. The smallest absolute Gasteiger partial charge is 0.408 e. The second kappa shape index (κ2) is 8.57. The van der Waals surface area contributed by atoms with Crippen LogP contribution < -0.4 is 5.32 Å². The number of benzene rings is 1. The van der Waals surface area contributed by atoms with Gasteiger partial charge in [-0.2, -0.15) is 0 Å². The first-order chi connectivity index (χ1) is 14.4. The van der Waals surface area contributed by atoms with Gasteiger partial charge in [-0.25, -0.2) is 18.6 Å². The fourth-order valence-corrected chi connectivity index (χ4v) is 3.98. The zero-order valence-corrected chi connectivity index (χ0v) is 19.0. The van der Waals surface area contributed by atoms with Crippen LogP contribution in [0, 0.1) is 11.6 Å². The predicted molar refractivity (Wildman–Crippen MR) is 113 cm³/mol.